The Morgan fingerprint density at radius 3 is 2.68 bits per heavy atom. The summed E-state index contributed by atoms with van der Waals surface area (Å²) < 4.78 is 34.5. The number of aromatic nitrogens is 2. The zero-order valence-electron chi connectivity index (χ0n) is 11.3. The SMILES string of the molecule is CCCc1nc(S(N)(=O)=O)cn1CCOCCOC. The lowest BCUT2D eigenvalue weighted by molar-refractivity contribution is 0.0663. The maximum Gasteiger partial charge on any atom is 0.257 e. The number of nitrogens with zero attached hydrogens (tertiary/aromatic N) is 2. The van der Waals surface area contributed by atoms with E-state index in [0.717, 1.165) is 6.42 Å². The Hall–Kier alpha value is -0.960. The van der Waals surface area contributed by atoms with Gasteiger partial charge in [0.05, 0.1) is 19.8 Å². The van der Waals surface area contributed by atoms with Crippen molar-refractivity contribution in [2.75, 3.05) is 26.9 Å². The predicted molar refractivity (Wildman–Crippen MR) is 70.3 cm³/mol. The molecule has 1 heterocycles. The lowest BCUT2D eigenvalue weighted by Gasteiger charge is -2.07. The lowest BCUT2D eigenvalue weighted by atomic mass is 10.3. The smallest absolute Gasteiger partial charge is 0.257 e. The Morgan fingerprint density at radius 1 is 1.37 bits per heavy atom. The number of aryl methyl sites for hydroxylation is 1. The Bertz CT molecular complexity index is 484. The van der Waals surface area contributed by atoms with Gasteiger partial charge in [-0.25, -0.2) is 18.5 Å². The molecule has 19 heavy (non-hydrogen) atoms. The highest BCUT2D eigenvalue weighted by Gasteiger charge is 2.15. The molecule has 0 aromatic carbocycles. The van der Waals surface area contributed by atoms with Gasteiger partial charge in [-0.05, 0) is 6.42 Å². The number of hydrogen-bond acceptors (Lipinski definition) is 5. The van der Waals surface area contributed by atoms with Gasteiger partial charge < -0.3 is 14.0 Å². The summed E-state index contributed by atoms with van der Waals surface area (Å²) in [5.41, 5.74) is 0. The Labute approximate surface area is 113 Å². The molecular formula is C11H21N3O4S. The summed E-state index contributed by atoms with van der Waals surface area (Å²) in [6.45, 7) is 4.07. The molecule has 0 aliphatic rings. The zero-order valence-corrected chi connectivity index (χ0v) is 12.1. The number of imidazole rings is 1. The van der Waals surface area contributed by atoms with Crippen molar-refractivity contribution in [2.45, 2.75) is 31.3 Å². The van der Waals surface area contributed by atoms with Crippen molar-refractivity contribution in [2.24, 2.45) is 5.14 Å². The first-order valence-corrected chi connectivity index (χ1v) is 7.69. The maximum atomic E-state index is 11.3. The van der Waals surface area contributed by atoms with Crippen molar-refractivity contribution in [1.82, 2.24) is 9.55 Å². The third kappa shape index (κ3) is 5.27. The van der Waals surface area contributed by atoms with Crippen molar-refractivity contribution < 1.29 is 17.9 Å². The molecule has 1 aromatic heterocycles. The fourth-order valence-corrected chi connectivity index (χ4v) is 2.10. The van der Waals surface area contributed by atoms with Crippen LogP contribution in [-0.4, -0.2) is 44.9 Å². The molecule has 110 valence electrons. The van der Waals surface area contributed by atoms with E-state index in [2.05, 4.69) is 4.98 Å². The summed E-state index contributed by atoms with van der Waals surface area (Å²) in [4.78, 5) is 4.06. The van der Waals surface area contributed by atoms with E-state index >= 15 is 0 Å². The zero-order chi connectivity index (χ0) is 14.3. The molecule has 0 radical (unpaired) electrons. The van der Waals surface area contributed by atoms with E-state index in [1.807, 2.05) is 6.92 Å². The van der Waals surface area contributed by atoms with Crippen LogP contribution in [0.2, 0.25) is 0 Å². The Kier molecular flexibility index (Phi) is 6.43. The normalized spacial score (nSPS) is 11.9. The van der Waals surface area contributed by atoms with E-state index in [1.54, 1.807) is 11.7 Å². The second-order valence-corrected chi connectivity index (χ2v) is 5.60. The molecule has 0 amide bonds. The monoisotopic (exact) mass is 291 g/mol. The molecule has 1 rings (SSSR count). The average Bonchev–Trinajstić information content (AvgIpc) is 2.73. The van der Waals surface area contributed by atoms with Crippen molar-refractivity contribution in [3.63, 3.8) is 0 Å². The van der Waals surface area contributed by atoms with E-state index in [9.17, 15) is 8.42 Å². The lowest BCUT2D eigenvalue weighted by Crippen LogP contribution is -2.12. The summed E-state index contributed by atoms with van der Waals surface area (Å²) in [5, 5.41) is 4.99. The molecule has 1 aromatic rings. The summed E-state index contributed by atoms with van der Waals surface area (Å²) in [6.07, 6.45) is 3.04. The molecule has 0 unspecified atom stereocenters. The maximum absolute atomic E-state index is 11.3. The molecule has 0 bridgehead atoms. The molecule has 0 aliphatic heterocycles. The first kappa shape index (κ1) is 16.1. The third-order valence-electron chi connectivity index (χ3n) is 2.51. The van der Waals surface area contributed by atoms with Gasteiger partial charge in [0.1, 0.15) is 5.82 Å². The van der Waals surface area contributed by atoms with Crippen LogP contribution in [0.4, 0.5) is 0 Å². The van der Waals surface area contributed by atoms with Crippen LogP contribution < -0.4 is 5.14 Å². The van der Waals surface area contributed by atoms with Gasteiger partial charge in [-0.3, -0.25) is 0 Å². The summed E-state index contributed by atoms with van der Waals surface area (Å²) in [6, 6.07) is 0. The second kappa shape index (κ2) is 7.59. The first-order chi connectivity index (χ1) is 8.99. The minimum Gasteiger partial charge on any atom is -0.382 e. The van der Waals surface area contributed by atoms with Crippen molar-refractivity contribution in [3.8, 4) is 0 Å². The molecule has 0 fully saturated rings. The van der Waals surface area contributed by atoms with Gasteiger partial charge in [0, 0.05) is 26.3 Å². The minimum atomic E-state index is -3.75. The highest BCUT2D eigenvalue weighted by molar-refractivity contribution is 7.89. The van der Waals surface area contributed by atoms with E-state index in [-0.39, 0.29) is 5.03 Å². The van der Waals surface area contributed by atoms with Gasteiger partial charge in [0.15, 0.2) is 5.03 Å². The molecule has 7 nitrogen and oxygen atoms in total. The van der Waals surface area contributed by atoms with Crippen LogP contribution in [0.5, 0.6) is 0 Å². The number of primary sulfonamides is 1. The number of ether oxygens (including phenoxy) is 2. The van der Waals surface area contributed by atoms with E-state index in [4.69, 9.17) is 14.6 Å². The second-order valence-electron chi connectivity index (χ2n) is 4.09. The fraction of sp³-hybridized carbons (Fsp3) is 0.727. The van der Waals surface area contributed by atoms with Crippen LogP contribution >= 0.6 is 0 Å². The summed E-state index contributed by atoms with van der Waals surface area (Å²) in [5.74, 6) is 0.710. The van der Waals surface area contributed by atoms with Crippen LogP contribution in [0, 0.1) is 0 Å². The van der Waals surface area contributed by atoms with Gasteiger partial charge in [-0.15, -0.1) is 0 Å². The quantitative estimate of drug-likeness (QED) is 0.653. The predicted octanol–water partition coefficient (Wildman–Crippen LogP) is 0.146. The van der Waals surface area contributed by atoms with Gasteiger partial charge in [0.2, 0.25) is 0 Å². The van der Waals surface area contributed by atoms with Crippen molar-refractivity contribution >= 4 is 10.0 Å². The topological polar surface area (TPSA) is 96.4 Å². The fourth-order valence-electron chi connectivity index (χ4n) is 1.59. The van der Waals surface area contributed by atoms with E-state index in [0.29, 0.717) is 38.6 Å². The standard InChI is InChI=1S/C11H21N3O4S/c1-3-4-10-13-11(19(12,15)16)9-14(10)5-6-18-8-7-17-2/h9H,3-8H2,1-2H3,(H2,12,15,16). The van der Waals surface area contributed by atoms with Crippen LogP contribution in [0.15, 0.2) is 11.2 Å². The van der Waals surface area contributed by atoms with Gasteiger partial charge >= 0.3 is 0 Å². The highest BCUT2D eigenvalue weighted by atomic mass is 32.2. The Morgan fingerprint density at radius 2 is 2.11 bits per heavy atom. The van der Waals surface area contributed by atoms with Gasteiger partial charge in [-0.2, -0.15) is 0 Å². The van der Waals surface area contributed by atoms with Crippen LogP contribution in [-0.2, 0) is 32.5 Å². The van der Waals surface area contributed by atoms with Crippen molar-refractivity contribution in [1.29, 1.82) is 0 Å². The molecule has 0 saturated carbocycles. The molecule has 8 heteroatoms. The molecule has 0 aliphatic carbocycles. The molecule has 0 saturated heterocycles. The van der Waals surface area contributed by atoms with Crippen LogP contribution in [0.1, 0.15) is 19.2 Å². The third-order valence-corrected chi connectivity index (χ3v) is 3.29. The highest BCUT2D eigenvalue weighted by Crippen LogP contribution is 2.10. The largest absolute Gasteiger partial charge is 0.382 e. The number of rotatable bonds is 9. The number of sulfonamides is 1. The summed E-state index contributed by atoms with van der Waals surface area (Å²) >= 11 is 0. The van der Waals surface area contributed by atoms with Crippen LogP contribution in [0.25, 0.3) is 0 Å². The first-order valence-electron chi connectivity index (χ1n) is 6.14. The average molecular weight is 291 g/mol. The van der Waals surface area contributed by atoms with Crippen molar-refractivity contribution in [3.05, 3.63) is 12.0 Å². The number of hydrogen-bond donors (Lipinski definition) is 1. The number of methoxy groups -OCH3 is 1. The number of nitrogens with two attached hydrogens (primary N) is 1. The van der Waals surface area contributed by atoms with Crippen LogP contribution in [0.3, 0.4) is 0 Å². The Balaban J connectivity index is 2.67. The molecule has 2 N–H and O–H groups in total. The van der Waals surface area contributed by atoms with Gasteiger partial charge in [-0.1, -0.05) is 6.92 Å². The van der Waals surface area contributed by atoms with Gasteiger partial charge in [0.25, 0.3) is 10.0 Å². The minimum absolute atomic E-state index is 0.0900. The molecule has 0 spiro atoms. The molecular weight excluding hydrogens is 270 g/mol. The summed E-state index contributed by atoms with van der Waals surface area (Å²) in [7, 11) is -2.15. The van der Waals surface area contributed by atoms with E-state index < -0.39 is 10.0 Å². The van der Waals surface area contributed by atoms with E-state index in [1.165, 1.54) is 6.20 Å². The molecule has 0 atom stereocenters.